The maximum absolute atomic E-state index is 13.9. The lowest BCUT2D eigenvalue weighted by atomic mass is 10.2. The summed E-state index contributed by atoms with van der Waals surface area (Å²) in [6.45, 7) is 1.11. The summed E-state index contributed by atoms with van der Waals surface area (Å²) in [6.07, 6.45) is 1.53. The van der Waals surface area contributed by atoms with Gasteiger partial charge >= 0.3 is 0 Å². The second-order valence-corrected chi connectivity index (χ2v) is 4.37. The number of nitrogens with two attached hydrogens (primary N) is 1. The normalized spacial score (nSPS) is 12.8. The Hall–Kier alpha value is -2.83. The Morgan fingerprint density at radius 1 is 1.38 bits per heavy atom. The molecule has 2 aromatic rings. The molecule has 0 fully saturated rings. The van der Waals surface area contributed by atoms with E-state index in [2.05, 4.69) is 10.3 Å². The van der Waals surface area contributed by atoms with Crippen LogP contribution in [0, 0.1) is 5.82 Å². The Morgan fingerprint density at radius 3 is 3.00 bits per heavy atom. The van der Waals surface area contributed by atoms with E-state index in [-0.39, 0.29) is 11.3 Å². The zero-order valence-corrected chi connectivity index (χ0v) is 10.9. The number of benzene rings is 1. The van der Waals surface area contributed by atoms with E-state index in [0.717, 1.165) is 6.07 Å². The largest absolute Gasteiger partial charge is 0.485 e. The van der Waals surface area contributed by atoms with Crippen LogP contribution in [-0.4, -0.2) is 24.0 Å². The van der Waals surface area contributed by atoms with Gasteiger partial charge in [-0.3, -0.25) is 4.79 Å². The van der Waals surface area contributed by atoms with Gasteiger partial charge in [0.2, 0.25) is 11.7 Å². The number of ether oxygens (including phenoxy) is 2. The molecular weight excluding hydrogens is 277 g/mol. The number of nitrogens with one attached hydrogen (secondary N) is 1. The molecule has 3 N–H and O–H groups in total. The van der Waals surface area contributed by atoms with Crippen molar-refractivity contribution >= 4 is 11.7 Å². The first-order valence-corrected chi connectivity index (χ1v) is 6.28. The number of carbonyl (C=O) groups excluding carboxylic acids is 1. The molecule has 21 heavy (non-hydrogen) atoms. The van der Waals surface area contributed by atoms with Gasteiger partial charge in [0.1, 0.15) is 6.61 Å². The zero-order valence-electron chi connectivity index (χ0n) is 10.9. The molecule has 0 atom stereocenters. The van der Waals surface area contributed by atoms with Gasteiger partial charge in [-0.1, -0.05) is 0 Å². The van der Waals surface area contributed by atoms with E-state index < -0.39 is 11.7 Å². The molecule has 1 aliphatic heterocycles. The Balaban J connectivity index is 1.92. The molecule has 2 heterocycles. The predicted molar refractivity (Wildman–Crippen MR) is 73.2 cm³/mol. The van der Waals surface area contributed by atoms with Crippen LogP contribution in [0.15, 0.2) is 30.5 Å². The van der Waals surface area contributed by atoms with Crippen molar-refractivity contribution in [2.24, 2.45) is 5.73 Å². The first-order chi connectivity index (χ1) is 10.1. The third-order valence-electron chi connectivity index (χ3n) is 2.95. The number of aromatic nitrogens is 1. The van der Waals surface area contributed by atoms with Gasteiger partial charge in [0.25, 0.3) is 0 Å². The van der Waals surface area contributed by atoms with Crippen LogP contribution in [0.3, 0.4) is 0 Å². The van der Waals surface area contributed by atoms with Crippen molar-refractivity contribution in [2.45, 2.75) is 0 Å². The van der Waals surface area contributed by atoms with Crippen LogP contribution in [-0.2, 0) is 0 Å². The predicted octanol–water partition coefficient (Wildman–Crippen LogP) is 1.92. The van der Waals surface area contributed by atoms with E-state index in [1.54, 1.807) is 6.07 Å². The number of fused-ring (bicyclic) bond motifs is 1. The lowest BCUT2D eigenvalue weighted by Crippen LogP contribution is -2.19. The number of hydrogen-bond acceptors (Lipinski definition) is 5. The molecule has 1 aromatic heterocycles. The molecule has 1 aromatic carbocycles. The van der Waals surface area contributed by atoms with Crippen molar-refractivity contribution in [3.8, 4) is 17.2 Å². The molecule has 0 saturated heterocycles. The number of carbonyl (C=O) groups is 1. The average molecular weight is 289 g/mol. The van der Waals surface area contributed by atoms with Crippen molar-refractivity contribution in [1.82, 2.24) is 4.98 Å². The highest BCUT2D eigenvalue weighted by molar-refractivity contribution is 5.92. The SMILES string of the molecule is NC(=O)c1ccc(Oc2ccnc3c2OCCN3)c(F)c1. The number of nitrogens with zero attached hydrogens (tertiary/aromatic N) is 1. The quantitative estimate of drug-likeness (QED) is 0.901. The summed E-state index contributed by atoms with van der Waals surface area (Å²) >= 11 is 0. The molecule has 1 amide bonds. The van der Waals surface area contributed by atoms with Gasteiger partial charge in [0.15, 0.2) is 23.1 Å². The molecule has 1 aliphatic rings. The fourth-order valence-electron chi connectivity index (χ4n) is 1.95. The molecule has 0 spiro atoms. The van der Waals surface area contributed by atoms with E-state index in [1.165, 1.54) is 18.3 Å². The fraction of sp³-hybridized carbons (Fsp3) is 0.143. The maximum atomic E-state index is 13.9. The number of amides is 1. The van der Waals surface area contributed by atoms with Crippen LogP contribution in [0.1, 0.15) is 10.4 Å². The van der Waals surface area contributed by atoms with Crippen LogP contribution in [0.4, 0.5) is 10.2 Å². The highest BCUT2D eigenvalue weighted by atomic mass is 19.1. The van der Waals surface area contributed by atoms with Crippen LogP contribution < -0.4 is 20.5 Å². The van der Waals surface area contributed by atoms with Crippen LogP contribution >= 0.6 is 0 Å². The fourth-order valence-corrected chi connectivity index (χ4v) is 1.95. The Bertz CT molecular complexity index is 706. The zero-order chi connectivity index (χ0) is 14.8. The van der Waals surface area contributed by atoms with Gasteiger partial charge in [-0.15, -0.1) is 0 Å². The van der Waals surface area contributed by atoms with Gasteiger partial charge in [-0.05, 0) is 18.2 Å². The smallest absolute Gasteiger partial charge is 0.248 e. The molecule has 0 saturated carbocycles. The second kappa shape index (κ2) is 5.28. The first-order valence-electron chi connectivity index (χ1n) is 6.28. The Kier molecular flexibility index (Phi) is 3.31. The molecule has 0 unspecified atom stereocenters. The second-order valence-electron chi connectivity index (χ2n) is 4.37. The highest BCUT2D eigenvalue weighted by Gasteiger charge is 2.18. The summed E-state index contributed by atoms with van der Waals surface area (Å²) in [5.74, 6) is -0.0783. The third-order valence-corrected chi connectivity index (χ3v) is 2.95. The summed E-state index contributed by atoms with van der Waals surface area (Å²) in [7, 11) is 0. The summed E-state index contributed by atoms with van der Waals surface area (Å²) < 4.78 is 24.9. The van der Waals surface area contributed by atoms with Gasteiger partial charge in [-0.25, -0.2) is 9.37 Å². The number of rotatable bonds is 3. The third kappa shape index (κ3) is 2.58. The molecule has 108 valence electrons. The summed E-state index contributed by atoms with van der Waals surface area (Å²) in [4.78, 5) is 15.1. The van der Waals surface area contributed by atoms with Gasteiger partial charge in [-0.2, -0.15) is 0 Å². The Labute approximate surface area is 119 Å². The number of primary amides is 1. The molecule has 3 rings (SSSR count). The van der Waals surface area contributed by atoms with Crippen molar-refractivity contribution in [1.29, 1.82) is 0 Å². The first kappa shape index (κ1) is 13.2. The molecule has 6 nitrogen and oxygen atoms in total. The molecule has 0 radical (unpaired) electrons. The van der Waals surface area contributed by atoms with Crippen LogP contribution in [0.5, 0.6) is 17.2 Å². The van der Waals surface area contributed by atoms with E-state index >= 15 is 0 Å². The number of halogens is 1. The van der Waals surface area contributed by atoms with E-state index in [0.29, 0.717) is 30.5 Å². The van der Waals surface area contributed by atoms with Crippen LogP contribution in [0.25, 0.3) is 0 Å². The van der Waals surface area contributed by atoms with E-state index in [9.17, 15) is 9.18 Å². The molecular formula is C14H12FN3O3. The van der Waals surface area contributed by atoms with Crippen molar-refractivity contribution < 1.29 is 18.7 Å². The lowest BCUT2D eigenvalue weighted by molar-refractivity contribution is 0.1000. The number of pyridine rings is 1. The standard InChI is InChI=1S/C14H12FN3O3/c15-9-7-8(13(16)19)1-2-10(9)21-11-3-4-17-14-12(11)20-6-5-18-14/h1-4,7H,5-6H2,(H2,16,19)(H,17,18). The average Bonchev–Trinajstić information content (AvgIpc) is 2.49. The van der Waals surface area contributed by atoms with Gasteiger partial charge < -0.3 is 20.5 Å². The van der Waals surface area contributed by atoms with Crippen molar-refractivity contribution in [3.63, 3.8) is 0 Å². The summed E-state index contributed by atoms with van der Waals surface area (Å²) in [5.41, 5.74) is 5.17. The summed E-state index contributed by atoms with van der Waals surface area (Å²) in [6, 6.07) is 5.35. The van der Waals surface area contributed by atoms with Crippen LogP contribution in [0.2, 0.25) is 0 Å². The van der Waals surface area contributed by atoms with Gasteiger partial charge in [0, 0.05) is 17.8 Å². The van der Waals surface area contributed by atoms with Crippen molar-refractivity contribution in [2.75, 3.05) is 18.5 Å². The summed E-state index contributed by atoms with van der Waals surface area (Å²) in [5, 5.41) is 3.06. The van der Waals surface area contributed by atoms with E-state index in [4.69, 9.17) is 15.2 Å². The van der Waals surface area contributed by atoms with Crippen molar-refractivity contribution in [3.05, 3.63) is 41.8 Å². The monoisotopic (exact) mass is 289 g/mol. The topological polar surface area (TPSA) is 86.5 Å². The van der Waals surface area contributed by atoms with Gasteiger partial charge in [0.05, 0.1) is 6.54 Å². The lowest BCUT2D eigenvalue weighted by Gasteiger charge is -2.20. The number of anilines is 1. The minimum atomic E-state index is -0.700. The molecule has 0 bridgehead atoms. The molecule has 0 aliphatic carbocycles. The number of hydrogen-bond donors (Lipinski definition) is 2. The maximum Gasteiger partial charge on any atom is 0.248 e. The molecule has 7 heteroatoms. The highest BCUT2D eigenvalue weighted by Crippen LogP contribution is 2.38. The van der Waals surface area contributed by atoms with E-state index in [1.807, 2.05) is 0 Å². The minimum Gasteiger partial charge on any atom is -0.485 e. The minimum absolute atomic E-state index is 0.0254. The Morgan fingerprint density at radius 2 is 2.24 bits per heavy atom.